The zero-order valence-electron chi connectivity index (χ0n) is 14.2. The van der Waals surface area contributed by atoms with Crippen molar-refractivity contribution in [3.8, 4) is 0 Å². The first-order valence-corrected chi connectivity index (χ1v) is 9.16. The molecule has 0 aliphatic heterocycles. The Morgan fingerprint density at radius 1 is 0.750 bits per heavy atom. The quantitative estimate of drug-likeness (QED) is 0.279. The Bertz CT molecular complexity index is 198. The first kappa shape index (κ1) is 19.7. The number of rotatable bonds is 15. The van der Waals surface area contributed by atoms with Crippen molar-refractivity contribution < 1.29 is 0 Å². The van der Waals surface area contributed by atoms with Gasteiger partial charge in [0.25, 0.3) is 0 Å². The van der Waals surface area contributed by atoms with E-state index < -0.39 is 0 Å². The van der Waals surface area contributed by atoms with Crippen LogP contribution in [-0.4, -0.2) is 6.54 Å². The van der Waals surface area contributed by atoms with Gasteiger partial charge >= 0.3 is 0 Å². The molecule has 0 aromatic rings. The third-order valence-corrected chi connectivity index (χ3v) is 4.11. The molecule has 0 fully saturated rings. The summed E-state index contributed by atoms with van der Waals surface area (Å²) in [5.41, 5.74) is 5.62. The highest BCUT2D eigenvalue weighted by molar-refractivity contribution is 4.81. The Kier molecular flexibility index (Phi) is 16.5. The Hall–Kier alpha value is -0.300. The SMILES string of the molecule is CCCCCCCCC=CCCCCCCC(C)CN. The molecule has 0 heterocycles. The molecule has 1 atom stereocenters. The minimum absolute atomic E-state index is 0.715. The van der Waals surface area contributed by atoms with Gasteiger partial charge in [0, 0.05) is 0 Å². The van der Waals surface area contributed by atoms with Crippen LogP contribution in [0.25, 0.3) is 0 Å². The van der Waals surface area contributed by atoms with Crippen LogP contribution in [0.15, 0.2) is 12.2 Å². The van der Waals surface area contributed by atoms with Gasteiger partial charge in [-0.05, 0) is 44.6 Å². The average Bonchev–Trinajstić information content (AvgIpc) is 2.47. The van der Waals surface area contributed by atoms with E-state index in [9.17, 15) is 0 Å². The number of hydrogen-bond donors (Lipinski definition) is 1. The van der Waals surface area contributed by atoms with E-state index in [-0.39, 0.29) is 0 Å². The van der Waals surface area contributed by atoms with Gasteiger partial charge in [-0.15, -0.1) is 0 Å². The summed E-state index contributed by atoms with van der Waals surface area (Å²) in [5, 5.41) is 0. The largest absolute Gasteiger partial charge is 0.330 e. The lowest BCUT2D eigenvalue weighted by Gasteiger charge is -2.06. The van der Waals surface area contributed by atoms with Gasteiger partial charge in [-0.25, -0.2) is 0 Å². The van der Waals surface area contributed by atoms with Crippen LogP contribution in [0.4, 0.5) is 0 Å². The summed E-state index contributed by atoms with van der Waals surface area (Å²) in [7, 11) is 0. The molecule has 0 amide bonds. The molecule has 0 aliphatic rings. The highest BCUT2D eigenvalue weighted by atomic mass is 14.5. The lowest BCUT2D eigenvalue weighted by Crippen LogP contribution is -2.10. The summed E-state index contributed by atoms with van der Waals surface area (Å²) < 4.78 is 0. The summed E-state index contributed by atoms with van der Waals surface area (Å²) in [6, 6.07) is 0. The number of hydrogen-bond acceptors (Lipinski definition) is 1. The number of allylic oxidation sites excluding steroid dienone is 2. The second-order valence-electron chi connectivity index (χ2n) is 6.36. The summed E-state index contributed by atoms with van der Waals surface area (Å²) in [6.07, 6.45) is 22.6. The van der Waals surface area contributed by atoms with Gasteiger partial charge in [0.2, 0.25) is 0 Å². The Labute approximate surface area is 128 Å². The Balaban J connectivity index is 3.09. The standard InChI is InChI=1S/C19H39N/c1-3-4-5-6-7-8-9-10-11-12-13-14-15-16-17-19(2)18-20/h10-11,19H,3-9,12-18,20H2,1-2H3. The molecule has 0 bridgehead atoms. The second kappa shape index (κ2) is 16.8. The molecule has 0 rings (SSSR count). The van der Waals surface area contributed by atoms with E-state index >= 15 is 0 Å². The lowest BCUT2D eigenvalue weighted by molar-refractivity contribution is 0.495. The van der Waals surface area contributed by atoms with Gasteiger partial charge in [0.15, 0.2) is 0 Å². The van der Waals surface area contributed by atoms with Crippen molar-refractivity contribution in [2.24, 2.45) is 11.7 Å². The fourth-order valence-electron chi connectivity index (χ4n) is 2.50. The van der Waals surface area contributed by atoms with Crippen molar-refractivity contribution in [3.05, 3.63) is 12.2 Å². The van der Waals surface area contributed by atoms with Crippen LogP contribution in [0, 0.1) is 5.92 Å². The zero-order chi connectivity index (χ0) is 14.9. The molecule has 20 heavy (non-hydrogen) atoms. The highest BCUT2D eigenvalue weighted by Crippen LogP contribution is 2.11. The van der Waals surface area contributed by atoms with Crippen LogP contribution >= 0.6 is 0 Å². The molecule has 2 N–H and O–H groups in total. The van der Waals surface area contributed by atoms with Crippen molar-refractivity contribution in [2.45, 2.75) is 97.3 Å². The minimum Gasteiger partial charge on any atom is -0.330 e. The van der Waals surface area contributed by atoms with E-state index in [1.807, 2.05) is 0 Å². The molecule has 0 saturated heterocycles. The maximum Gasteiger partial charge on any atom is -0.00515 e. The van der Waals surface area contributed by atoms with Crippen molar-refractivity contribution in [1.29, 1.82) is 0 Å². The van der Waals surface area contributed by atoms with Gasteiger partial charge in [0.05, 0.1) is 0 Å². The first-order valence-electron chi connectivity index (χ1n) is 9.16. The van der Waals surface area contributed by atoms with E-state index in [4.69, 9.17) is 5.73 Å². The maximum atomic E-state index is 5.62. The van der Waals surface area contributed by atoms with Gasteiger partial charge < -0.3 is 5.73 Å². The topological polar surface area (TPSA) is 26.0 Å². The van der Waals surface area contributed by atoms with Gasteiger partial charge in [-0.1, -0.05) is 77.4 Å². The average molecular weight is 282 g/mol. The first-order chi connectivity index (χ1) is 9.81. The van der Waals surface area contributed by atoms with Crippen LogP contribution in [0.3, 0.4) is 0 Å². The summed E-state index contributed by atoms with van der Waals surface area (Å²) in [4.78, 5) is 0. The molecule has 0 aromatic carbocycles. The summed E-state index contributed by atoms with van der Waals surface area (Å²) >= 11 is 0. The molecule has 0 aliphatic carbocycles. The molecule has 0 saturated carbocycles. The lowest BCUT2D eigenvalue weighted by atomic mass is 10.0. The Morgan fingerprint density at radius 3 is 1.80 bits per heavy atom. The minimum atomic E-state index is 0.715. The summed E-state index contributed by atoms with van der Waals surface area (Å²) in [5.74, 6) is 0.715. The van der Waals surface area contributed by atoms with E-state index in [0.717, 1.165) is 6.54 Å². The zero-order valence-corrected chi connectivity index (χ0v) is 14.2. The van der Waals surface area contributed by atoms with Gasteiger partial charge in [-0.2, -0.15) is 0 Å². The normalized spacial score (nSPS) is 13.2. The fraction of sp³-hybridized carbons (Fsp3) is 0.895. The monoisotopic (exact) mass is 281 g/mol. The number of nitrogens with two attached hydrogens (primary N) is 1. The predicted molar refractivity (Wildman–Crippen MR) is 93.1 cm³/mol. The van der Waals surface area contributed by atoms with E-state index in [0.29, 0.717) is 5.92 Å². The fourth-order valence-corrected chi connectivity index (χ4v) is 2.50. The molecule has 0 radical (unpaired) electrons. The molecule has 1 heteroatoms. The third kappa shape index (κ3) is 15.8. The second-order valence-corrected chi connectivity index (χ2v) is 6.36. The van der Waals surface area contributed by atoms with Crippen LogP contribution in [0.1, 0.15) is 97.3 Å². The molecule has 0 aromatic heterocycles. The predicted octanol–water partition coefficient (Wildman–Crippen LogP) is 6.23. The molecule has 0 spiro atoms. The molecule has 120 valence electrons. The van der Waals surface area contributed by atoms with Crippen molar-refractivity contribution in [2.75, 3.05) is 6.54 Å². The van der Waals surface area contributed by atoms with Crippen LogP contribution in [0.2, 0.25) is 0 Å². The van der Waals surface area contributed by atoms with Gasteiger partial charge in [-0.3, -0.25) is 0 Å². The van der Waals surface area contributed by atoms with Gasteiger partial charge in [0.1, 0.15) is 0 Å². The highest BCUT2D eigenvalue weighted by Gasteiger charge is 1.97. The molecular formula is C19H39N. The summed E-state index contributed by atoms with van der Waals surface area (Å²) in [6.45, 7) is 5.38. The van der Waals surface area contributed by atoms with E-state index in [1.54, 1.807) is 0 Å². The third-order valence-electron chi connectivity index (χ3n) is 4.11. The van der Waals surface area contributed by atoms with Crippen molar-refractivity contribution in [1.82, 2.24) is 0 Å². The van der Waals surface area contributed by atoms with Crippen molar-refractivity contribution >= 4 is 0 Å². The van der Waals surface area contributed by atoms with Crippen molar-refractivity contribution in [3.63, 3.8) is 0 Å². The molecule has 1 nitrogen and oxygen atoms in total. The maximum absolute atomic E-state index is 5.62. The molecular weight excluding hydrogens is 242 g/mol. The smallest absolute Gasteiger partial charge is 0.00515 e. The van der Waals surface area contributed by atoms with Crippen LogP contribution < -0.4 is 5.73 Å². The van der Waals surface area contributed by atoms with Crippen LogP contribution in [-0.2, 0) is 0 Å². The molecule has 1 unspecified atom stereocenters. The van der Waals surface area contributed by atoms with E-state index in [1.165, 1.54) is 83.5 Å². The van der Waals surface area contributed by atoms with Crippen LogP contribution in [0.5, 0.6) is 0 Å². The van der Waals surface area contributed by atoms with E-state index in [2.05, 4.69) is 26.0 Å². The Morgan fingerprint density at radius 2 is 1.25 bits per heavy atom. The number of unbranched alkanes of at least 4 members (excludes halogenated alkanes) is 10.